The van der Waals surface area contributed by atoms with Gasteiger partial charge in [0.2, 0.25) is 0 Å². The first-order chi connectivity index (χ1) is 10.1. The highest BCUT2D eigenvalue weighted by atomic mass is 35.5. The Morgan fingerprint density at radius 3 is 2.33 bits per heavy atom. The summed E-state index contributed by atoms with van der Waals surface area (Å²) in [6.07, 6.45) is 0. The monoisotopic (exact) mass is 298 g/mol. The normalized spacial score (nSPS) is 10.8. The Balaban J connectivity index is 2.27. The van der Waals surface area contributed by atoms with Gasteiger partial charge in [0.1, 0.15) is 0 Å². The van der Waals surface area contributed by atoms with Crippen LogP contribution in [0.25, 0.3) is 22.5 Å². The van der Waals surface area contributed by atoms with Gasteiger partial charge in [0, 0.05) is 10.6 Å². The number of aryl methyl sites for hydroxylation is 2. The molecule has 0 saturated carbocycles. The van der Waals surface area contributed by atoms with Gasteiger partial charge in [-0.2, -0.15) is 0 Å². The zero-order valence-electron chi connectivity index (χ0n) is 11.9. The molecular weight excluding hydrogens is 284 g/mol. The molecule has 3 rings (SSSR count). The molecule has 1 heterocycles. The molecule has 0 fully saturated rings. The first-order valence-electron chi connectivity index (χ1n) is 6.65. The third-order valence-electron chi connectivity index (χ3n) is 3.54. The molecule has 3 nitrogen and oxygen atoms in total. The fourth-order valence-electron chi connectivity index (χ4n) is 2.57. The Morgan fingerprint density at radius 2 is 1.67 bits per heavy atom. The van der Waals surface area contributed by atoms with E-state index in [-0.39, 0.29) is 0 Å². The van der Waals surface area contributed by atoms with Gasteiger partial charge in [0.25, 0.3) is 0 Å². The molecule has 0 aliphatic carbocycles. The number of anilines is 1. The highest BCUT2D eigenvalue weighted by molar-refractivity contribution is 6.30. The second-order valence-corrected chi connectivity index (χ2v) is 5.49. The molecule has 0 amide bonds. The average molecular weight is 299 g/mol. The molecule has 0 unspecified atom stereocenters. The van der Waals surface area contributed by atoms with Crippen molar-refractivity contribution in [2.24, 2.45) is 0 Å². The highest BCUT2D eigenvalue weighted by Crippen LogP contribution is 2.39. The van der Waals surface area contributed by atoms with Crippen LogP contribution >= 0.6 is 11.6 Å². The average Bonchev–Trinajstić information content (AvgIpc) is 2.80. The lowest BCUT2D eigenvalue weighted by atomic mass is 9.95. The van der Waals surface area contributed by atoms with Crippen LogP contribution in [0.1, 0.15) is 11.1 Å². The van der Waals surface area contributed by atoms with Gasteiger partial charge in [-0.3, -0.25) is 0 Å². The maximum absolute atomic E-state index is 6.08. The minimum Gasteiger partial charge on any atom is -0.380 e. The predicted molar refractivity (Wildman–Crippen MR) is 86.3 cm³/mol. The SMILES string of the molecule is Cc1cccc(C)c1-c1onc(N)c1-c1cccc(Cl)c1. The topological polar surface area (TPSA) is 52.0 Å². The van der Waals surface area contributed by atoms with E-state index in [1.807, 2.05) is 56.3 Å². The first kappa shape index (κ1) is 13.7. The van der Waals surface area contributed by atoms with Crippen LogP contribution in [0, 0.1) is 13.8 Å². The van der Waals surface area contributed by atoms with E-state index in [0.29, 0.717) is 16.6 Å². The minimum atomic E-state index is 0.370. The van der Waals surface area contributed by atoms with Crippen molar-refractivity contribution in [2.75, 3.05) is 5.73 Å². The second-order valence-electron chi connectivity index (χ2n) is 5.05. The summed E-state index contributed by atoms with van der Waals surface area (Å²) in [5.74, 6) is 1.06. The molecule has 0 aliphatic rings. The fourth-order valence-corrected chi connectivity index (χ4v) is 2.76. The first-order valence-corrected chi connectivity index (χ1v) is 7.03. The predicted octanol–water partition coefficient (Wildman–Crippen LogP) is 4.86. The number of nitrogens with zero attached hydrogens (tertiary/aromatic N) is 1. The lowest BCUT2D eigenvalue weighted by Gasteiger charge is -2.09. The van der Waals surface area contributed by atoms with E-state index in [9.17, 15) is 0 Å². The summed E-state index contributed by atoms with van der Waals surface area (Å²) in [5, 5.41) is 4.59. The maximum Gasteiger partial charge on any atom is 0.177 e. The highest BCUT2D eigenvalue weighted by Gasteiger charge is 2.20. The van der Waals surface area contributed by atoms with Crippen LogP contribution in [0.4, 0.5) is 5.82 Å². The van der Waals surface area contributed by atoms with Gasteiger partial charge in [0.15, 0.2) is 11.6 Å². The molecule has 2 N–H and O–H groups in total. The Labute approximate surface area is 128 Å². The summed E-state index contributed by atoms with van der Waals surface area (Å²) >= 11 is 6.08. The Bertz CT molecular complexity index is 788. The van der Waals surface area contributed by atoms with Gasteiger partial charge in [0.05, 0.1) is 5.56 Å². The van der Waals surface area contributed by atoms with Crippen LogP contribution in [-0.4, -0.2) is 5.16 Å². The molecule has 1 aromatic heterocycles. The Hall–Kier alpha value is -2.26. The van der Waals surface area contributed by atoms with E-state index >= 15 is 0 Å². The summed E-state index contributed by atoms with van der Waals surface area (Å²) in [4.78, 5) is 0. The van der Waals surface area contributed by atoms with E-state index in [1.165, 1.54) is 0 Å². The number of nitrogens with two attached hydrogens (primary N) is 1. The van der Waals surface area contributed by atoms with Gasteiger partial charge < -0.3 is 10.3 Å². The van der Waals surface area contributed by atoms with Crippen LogP contribution in [-0.2, 0) is 0 Å². The van der Waals surface area contributed by atoms with Crippen LogP contribution in [0.3, 0.4) is 0 Å². The molecule has 0 aliphatic heterocycles. The van der Waals surface area contributed by atoms with Gasteiger partial charge >= 0.3 is 0 Å². The number of hydrogen-bond acceptors (Lipinski definition) is 3. The number of hydrogen-bond donors (Lipinski definition) is 1. The van der Waals surface area contributed by atoms with E-state index in [2.05, 4.69) is 5.16 Å². The number of aromatic nitrogens is 1. The Kier molecular flexibility index (Phi) is 3.43. The number of halogens is 1. The molecule has 0 bridgehead atoms. The quantitative estimate of drug-likeness (QED) is 0.735. The van der Waals surface area contributed by atoms with Gasteiger partial charge in [-0.1, -0.05) is 47.1 Å². The molecular formula is C17H15ClN2O. The van der Waals surface area contributed by atoms with E-state index in [0.717, 1.165) is 27.8 Å². The molecule has 0 saturated heterocycles. The van der Waals surface area contributed by atoms with Crippen molar-refractivity contribution in [1.82, 2.24) is 5.16 Å². The van der Waals surface area contributed by atoms with Crippen molar-refractivity contribution in [2.45, 2.75) is 13.8 Å². The Morgan fingerprint density at radius 1 is 1.00 bits per heavy atom. The van der Waals surface area contributed by atoms with E-state index in [1.54, 1.807) is 0 Å². The third kappa shape index (κ3) is 2.41. The lowest BCUT2D eigenvalue weighted by Crippen LogP contribution is -1.91. The van der Waals surface area contributed by atoms with Crippen LogP contribution < -0.4 is 5.73 Å². The molecule has 0 spiro atoms. The molecule has 106 valence electrons. The standard InChI is InChI=1S/C17H15ClN2O/c1-10-5-3-6-11(2)14(10)16-15(17(19)20-21-16)12-7-4-8-13(18)9-12/h3-9H,1-2H3,(H2,19,20). The van der Waals surface area contributed by atoms with Gasteiger partial charge in [-0.05, 0) is 42.7 Å². The van der Waals surface area contributed by atoms with Crippen molar-refractivity contribution in [3.05, 3.63) is 58.6 Å². The number of nitrogen functional groups attached to an aromatic ring is 1. The number of rotatable bonds is 2. The molecule has 2 aromatic carbocycles. The molecule has 21 heavy (non-hydrogen) atoms. The van der Waals surface area contributed by atoms with E-state index < -0.39 is 0 Å². The minimum absolute atomic E-state index is 0.370. The largest absolute Gasteiger partial charge is 0.380 e. The lowest BCUT2D eigenvalue weighted by molar-refractivity contribution is 0.435. The number of benzene rings is 2. The molecule has 0 radical (unpaired) electrons. The summed E-state index contributed by atoms with van der Waals surface area (Å²) < 4.78 is 5.52. The maximum atomic E-state index is 6.08. The van der Waals surface area contributed by atoms with Crippen molar-refractivity contribution < 1.29 is 4.52 Å². The van der Waals surface area contributed by atoms with Crippen molar-refractivity contribution in [3.63, 3.8) is 0 Å². The van der Waals surface area contributed by atoms with Crippen molar-refractivity contribution >= 4 is 17.4 Å². The zero-order valence-corrected chi connectivity index (χ0v) is 12.6. The zero-order chi connectivity index (χ0) is 15.0. The van der Waals surface area contributed by atoms with Gasteiger partial charge in [-0.25, -0.2) is 0 Å². The molecule has 3 aromatic rings. The van der Waals surface area contributed by atoms with Crippen molar-refractivity contribution in [3.8, 4) is 22.5 Å². The van der Waals surface area contributed by atoms with Crippen LogP contribution in [0.15, 0.2) is 47.0 Å². The third-order valence-corrected chi connectivity index (χ3v) is 3.78. The fraction of sp³-hybridized carbons (Fsp3) is 0.118. The van der Waals surface area contributed by atoms with Crippen molar-refractivity contribution in [1.29, 1.82) is 0 Å². The molecule has 4 heteroatoms. The summed E-state index contributed by atoms with van der Waals surface area (Å²) in [7, 11) is 0. The molecule has 0 atom stereocenters. The van der Waals surface area contributed by atoms with E-state index in [4.69, 9.17) is 21.9 Å². The summed E-state index contributed by atoms with van der Waals surface area (Å²) in [6, 6.07) is 13.6. The van der Waals surface area contributed by atoms with Crippen LogP contribution in [0.5, 0.6) is 0 Å². The summed E-state index contributed by atoms with van der Waals surface area (Å²) in [5.41, 5.74) is 11.0. The van der Waals surface area contributed by atoms with Crippen LogP contribution in [0.2, 0.25) is 5.02 Å². The van der Waals surface area contributed by atoms with Gasteiger partial charge in [-0.15, -0.1) is 0 Å². The summed E-state index contributed by atoms with van der Waals surface area (Å²) in [6.45, 7) is 4.09. The smallest absolute Gasteiger partial charge is 0.177 e. The second kappa shape index (κ2) is 5.26.